The number of amides is 2. The number of carbonyl (C=O) groups is 2. The predicted octanol–water partition coefficient (Wildman–Crippen LogP) is 4.68. The molecule has 1 fully saturated rings. The van der Waals surface area contributed by atoms with Gasteiger partial charge in [-0.2, -0.15) is 0 Å². The number of aromatic nitrogens is 3. The highest BCUT2D eigenvalue weighted by molar-refractivity contribution is 7.98. The van der Waals surface area contributed by atoms with Crippen molar-refractivity contribution < 1.29 is 14.0 Å². The molecule has 0 spiro atoms. The molecular weight excluding hydrogens is 513 g/mol. The van der Waals surface area contributed by atoms with Gasteiger partial charge >= 0.3 is 0 Å². The first-order chi connectivity index (χ1) is 19.0. The van der Waals surface area contributed by atoms with Crippen LogP contribution in [0.5, 0.6) is 0 Å². The summed E-state index contributed by atoms with van der Waals surface area (Å²) >= 11 is 1.56. The number of thioether (sulfide) groups is 1. The largest absolute Gasteiger partial charge is 0.354 e. The molecule has 0 radical (unpaired) electrons. The van der Waals surface area contributed by atoms with E-state index in [-0.39, 0.29) is 30.1 Å². The number of carbonyl (C=O) groups excluding carboxylic acids is 2. The topological polar surface area (TPSA) is 80.1 Å². The van der Waals surface area contributed by atoms with Crippen molar-refractivity contribution in [2.24, 2.45) is 0 Å². The Morgan fingerprint density at radius 3 is 2.54 bits per heavy atom. The fourth-order valence-electron chi connectivity index (χ4n) is 4.74. The standard InChI is InChI=1S/C30H30FN5O2S/c1-21-7-5-6-10-23(21)20-39-30-34-33-27(36(30)26-13-11-25(31)12-14-26)15-16-32-28(37)19-35-18-24(17-29(35)38)22-8-3-2-4-9-22/h2-14,24H,15-20H2,1H3,(H,32,37). The van der Waals surface area contributed by atoms with Gasteiger partial charge in [-0.25, -0.2) is 4.39 Å². The Morgan fingerprint density at radius 1 is 1.03 bits per heavy atom. The van der Waals surface area contributed by atoms with Crippen LogP contribution in [-0.2, 0) is 21.8 Å². The molecule has 0 bridgehead atoms. The van der Waals surface area contributed by atoms with Crippen LogP contribution >= 0.6 is 11.8 Å². The number of aryl methyl sites for hydroxylation is 1. The number of hydrogen-bond donors (Lipinski definition) is 1. The van der Waals surface area contributed by atoms with Gasteiger partial charge < -0.3 is 10.2 Å². The zero-order valence-corrected chi connectivity index (χ0v) is 22.5. The monoisotopic (exact) mass is 543 g/mol. The Hall–Kier alpha value is -3.98. The zero-order valence-electron chi connectivity index (χ0n) is 21.7. The molecular formula is C30H30FN5O2S. The highest BCUT2D eigenvalue weighted by Gasteiger charge is 2.31. The number of rotatable bonds is 10. The highest BCUT2D eigenvalue weighted by Crippen LogP contribution is 2.28. The normalized spacial score (nSPS) is 15.1. The van der Waals surface area contributed by atoms with Crippen molar-refractivity contribution in [3.05, 3.63) is 107 Å². The maximum absolute atomic E-state index is 13.6. The van der Waals surface area contributed by atoms with E-state index in [1.165, 1.54) is 23.3 Å². The van der Waals surface area contributed by atoms with E-state index in [9.17, 15) is 14.0 Å². The van der Waals surface area contributed by atoms with E-state index in [1.54, 1.807) is 28.8 Å². The Labute approximate surface area is 231 Å². The molecule has 39 heavy (non-hydrogen) atoms. The molecule has 5 rings (SSSR count). The molecule has 1 atom stereocenters. The molecule has 4 aromatic rings. The van der Waals surface area contributed by atoms with Crippen LogP contribution in [-0.4, -0.2) is 51.1 Å². The number of likely N-dealkylation sites (tertiary alicyclic amines) is 1. The number of nitrogens with zero attached hydrogens (tertiary/aromatic N) is 4. The van der Waals surface area contributed by atoms with Crippen LogP contribution in [0.15, 0.2) is 84.0 Å². The maximum Gasteiger partial charge on any atom is 0.239 e. The summed E-state index contributed by atoms with van der Waals surface area (Å²) in [6.07, 6.45) is 0.850. The molecule has 0 aliphatic carbocycles. The van der Waals surface area contributed by atoms with Gasteiger partial charge in [0.05, 0.1) is 6.54 Å². The van der Waals surface area contributed by atoms with Crippen molar-refractivity contribution in [2.45, 2.75) is 36.6 Å². The van der Waals surface area contributed by atoms with E-state index >= 15 is 0 Å². The van der Waals surface area contributed by atoms with Crippen LogP contribution in [0, 0.1) is 12.7 Å². The Kier molecular flexibility index (Phi) is 8.36. The number of benzene rings is 3. The zero-order chi connectivity index (χ0) is 27.2. The third-order valence-corrected chi connectivity index (χ3v) is 7.87. The van der Waals surface area contributed by atoms with Crippen molar-refractivity contribution in [1.82, 2.24) is 25.0 Å². The molecule has 1 aliphatic rings. The third-order valence-electron chi connectivity index (χ3n) is 6.89. The molecule has 2 amide bonds. The van der Waals surface area contributed by atoms with Gasteiger partial charge in [0, 0.05) is 43.3 Å². The molecule has 2 heterocycles. The number of nitrogens with one attached hydrogen (secondary N) is 1. The first-order valence-corrected chi connectivity index (χ1v) is 13.9. The van der Waals surface area contributed by atoms with Gasteiger partial charge in [0.2, 0.25) is 11.8 Å². The minimum absolute atomic E-state index is 0.00891. The van der Waals surface area contributed by atoms with Gasteiger partial charge in [-0.05, 0) is 47.9 Å². The Bertz CT molecular complexity index is 1440. The second-order valence-corrected chi connectivity index (χ2v) is 10.6. The molecule has 1 saturated heterocycles. The summed E-state index contributed by atoms with van der Waals surface area (Å²) in [6, 6.07) is 24.3. The molecule has 1 aliphatic heterocycles. The summed E-state index contributed by atoms with van der Waals surface area (Å²) in [5.74, 6) is 0.952. The summed E-state index contributed by atoms with van der Waals surface area (Å²) in [6.45, 7) is 2.98. The summed E-state index contributed by atoms with van der Waals surface area (Å²) < 4.78 is 15.5. The van der Waals surface area contributed by atoms with Gasteiger partial charge in [-0.1, -0.05) is 66.4 Å². The van der Waals surface area contributed by atoms with Crippen LogP contribution in [0.4, 0.5) is 4.39 Å². The lowest BCUT2D eigenvalue weighted by Gasteiger charge is -2.16. The fraction of sp³-hybridized carbons (Fsp3) is 0.267. The first kappa shape index (κ1) is 26.6. The summed E-state index contributed by atoms with van der Waals surface area (Å²) in [5, 5.41) is 12.4. The molecule has 3 aromatic carbocycles. The average Bonchev–Trinajstić information content (AvgIpc) is 3.52. The van der Waals surface area contributed by atoms with Gasteiger partial charge in [-0.3, -0.25) is 14.2 Å². The molecule has 1 unspecified atom stereocenters. The van der Waals surface area contributed by atoms with E-state index in [2.05, 4.69) is 34.6 Å². The summed E-state index contributed by atoms with van der Waals surface area (Å²) in [4.78, 5) is 26.8. The van der Waals surface area contributed by atoms with Crippen molar-refractivity contribution in [3.8, 4) is 5.69 Å². The average molecular weight is 544 g/mol. The van der Waals surface area contributed by atoms with Crippen molar-refractivity contribution in [1.29, 1.82) is 0 Å². The van der Waals surface area contributed by atoms with E-state index in [4.69, 9.17) is 0 Å². The van der Waals surface area contributed by atoms with Crippen molar-refractivity contribution in [3.63, 3.8) is 0 Å². The van der Waals surface area contributed by atoms with Crippen LogP contribution in [0.3, 0.4) is 0 Å². The lowest BCUT2D eigenvalue weighted by molar-refractivity contribution is -0.133. The Balaban J connectivity index is 1.21. The lowest BCUT2D eigenvalue weighted by Crippen LogP contribution is -2.38. The van der Waals surface area contributed by atoms with Crippen molar-refractivity contribution in [2.75, 3.05) is 19.6 Å². The number of halogens is 1. The van der Waals surface area contributed by atoms with E-state index < -0.39 is 0 Å². The number of hydrogen-bond acceptors (Lipinski definition) is 5. The molecule has 7 nitrogen and oxygen atoms in total. The highest BCUT2D eigenvalue weighted by atomic mass is 32.2. The van der Waals surface area contributed by atoms with Crippen LogP contribution < -0.4 is 5.32 Å². The smallest absolute Gasteiger partial charge is 0.239 e. The fourth-order valence-corrected chi connectivity index (χ4v) is 5.78. The van der Waals surface area contributed by atoms with Gasteiger partial charge in [0.25, 0.3) is 0 Å². The minimum atomic E-state index is -0.319. The summed E-state index contributed by atoms with van der Waals surface area (Å²) in [7, 11) is 0. The van der Waals surface area contributed by atoms with E-state index in [1.807, 2.05) is 47.0 Å². The quantitative estimate of drug-likeness (QED) is 0.294. The predicted molar refractivity (Wildman–Crippen MR) is 149 cm³/mol. The second-order valence-electron chi connectivity index (χ2n) is 9.61. The maximum atomic E-state index is 13.6. The van der Waals surface area contributed by atoms with Gasteiger partial charge in [0.1, 0.15) is 11.6 Å². The van der Waals surface area contributed by atoms with Crippen LogP contribution in [0.2, 0.25) is 0 Å². The van der Waals surface area contributed by atoms with E-state index in [0.717, 1.165) is 17.0 Å². The molecule has 0 saturated carbocycles. The molecule has 200 valence electrons. The van der Waals surface area contributed by atoms with E-state index in [0.29, 0.717) is 36.9 Å². The Morgan fingerprint density at radius 2 is 1.77 bits per heavy atom. The minimum Gasteiger partial charge on any atom is -0.354 e. The van der Waals surface area contributed by atoms with Gasteiger partial charge in [0.15, 0.2) is 5.16 Å². The lowest BCUT2D eigenvalue weighted by atomic mass is 9.99. The van der Waals surface area contributed by atoms with Gasteiger partial charge in [-0.15, -0.1) is 10.2 Å². The SMILES string of the molecule is Cc1ccccc1CSc1nnc(CCNC(=O)CN2CC(c3ccccc3)CC2=O)n1-c1ccc(F)cc1. The second kappa shape index (κ2) is 12.3. The molecule has 1 aromatic heterocycles. The van der Waals surface area contributed by atoms with Crippen LogP contribution in [0.1, 0.15) is 34.9 Å². The third kappa shape index (κ3) is 6.54. The van der Waals surface area contributed by atoms with Crippen LogP contribution in [0.25, 0.3) is 5.69 Å². The molecule has 9 heteroatoms. The molecule has 1 N–H and O–H groups in total. The summed E-state index contributed by atoms with van der Waals surface area (Å²) in [5.41, 5.74) is 4.28. The first-order valence-electron chi connectivity index (χ1n) is 12.9. The van der Waals surface area contributed by atoms with Crippen molar-refractivity contribution >= 4 is 23.6 Å².